The molecule has 336 valence electrons. The molecule has 4 aromatic carbocycles. The first-order valence-electron chi connectivity index (χ1n) is 22.6. The molecule has 0 spiro atoms. The molecule has 0 radical (unpaired) electrons. The number of aromatic nitrogens is 6. The summed E-state index contributed by atoms with van der Waals surface area (Å²) < 4.78 is 6.64. The van der Waals surface area contributed by atoms with Crippen molar-refractivity contribution in [2.24, 2.45) is 0 Å². The summed E-state index contributed by atoms with van der Waals surface area (Å²) in [7, 11) is 0. The third-order valence-electron chi connectivity index (χ3n) is 12.6. The molecule has 10 rings (SSSR count). The number of imidazole rings is 3. The van der Waals surface area contributed by atoms with Crippen LogP contribution >= 0.6 is 34.0 Å². The van der Waals surface area contributed by atoms with Gasteiger partial charge in [-0.3, -0.25) is 49.0 Å². The second kappa shape index (κ2) is 20.2. The molecule has 0 aliphatic rings. The topological polar surface area (TPSA) is 53.5 Å². The quantitative estimate of drug-likeness (QED) is 0.0962. The molecule has 0 fully saturated rings. The Balaban J connectivity index is 0.00000562. The fourth-order valence-corrected chi connectivity index (χ4v) is 11.7. The van der Waals surface area contributed by atoms with Crippen LogP contribution in [-0.2, 0) is 58.6 Å². The molecular formula is C57H51IrN6S3. The molecule has 0 N–H and O–H groups in total. The van der Waals surface area contributed by atoms with Crippen molar-refractivity contribution in [3.05, 3.63) is 209 Å². The summed E-state index contributed by atoms with van der Waals surface area (Å²) in [5, 5.41) is 10.8. The summed E-state index contributed by atoms with van der Waals surface area (Å²) in [4.78, 5) is 18.3. The molecule has 0 bridgehead atoms. The van der Waals surface area contributed by atoms with Crippen molar-refractivity contribution < 1.29 is 20.1 Å². The van der Waals surface area contributed by atoms with Crippen molar-refractivity contribution in [1.82, 2.24) is 28.7 Å². The van der Waals surface area contributed by atoms with Crippen LogP contribution in [0.5, 0.6) is 0 Å². The van der Waals surface area contributed by atoms with Crippen molar-refractivity contribution in [3.8, 4) is 51.2 Å². The monoisotopic (exact) mass is 1110 g/mol. The van der Waals surface area contributed by atoms with Gasteiger partial charge in [0.25, 0.3) is 0 Å². The summed E-state index contributed by atoms with van der Waals surface area (Å²) >= 11 is 5.13. The van der Waals surface area contributed by atoms with Gasteiger partial charge >= 0.3 is 20.1 Å². The van der Waals surface area contributed by atoms with Crippen LogP contribution < -0.4 is 0 Å². The Hall–Kier alpha value is -5.74. The molecule has 0 aliphatic heterocycles. The van der Waals surface area contributed by atoms with Gasteiger partial charge in [0.2, 0.25) is 0 Å². The van der Waals surface area contributed by atoms with Crippen LogP contribution in [0.3, 0.4) is 0 Å². The summed E-state index contributed by atoms with van der Waals surface area (Å²) in [5.74, 6) is 2.81. The van der Waals surface area contributed by atoms with E-state index in [-0.39, 0.29) is 20.1 Å². The van der Waals surface area contributed by atoms with Gasteiger partial charge in [-0.15, -0.1) is 31.3 Å². The van der Waals surface area contributed by atoms with E-state index < -0.39 is 0 Å². The van der Waals surface area contributed by atoms with E-state index in [1.54, 1.807) is 34.0 Å². The zero-order chi connectivity index (χ0) is 45.3. The van der Waals surface area contributed by atoms with E-state index in [1.807, 2.05) is 18.6 Å². The molecule has 0 saturated heterocycles. The number of hydrogen-bond acceptors (Lipinski definition) is 6. The minimum Gasteiger partial charge on any atom is -0.340 e. The Bertz CT molecular complexity index is 2900. The first-order chi connectivity index (χ1) is 32.2. The number of hydrogen-bond donors (Lipinski definition) is 0. The fourth-order valence-electron chi connectivity index (χ4n) is 9.40. The Labute approximate surface area is 420 Å². The average Bonchev–Trinajstić information content (AvgIpc) is 4.16. The average molecular weight is 1110 g/mol. The van der Waals surface area contributed by atoms with Gasteiger partial charge < -0.3 is 13.7 Å². The van der Waals surface area contributed by atoms with Gasteiger partial charge in [-0.25, -0.2) is 0 Å². The number of thiophene rings is 3. The van der Waals surface area contributed by atoms with Crippen LogP contribution in [0.15, 0.2) is 128 Å². The van der Waals surface area contributed by atoms with Gasteiger partial charge in [0, 0.05) is 54.2 Å². The van der Waals surface area contributed by atoms with E-state index in [0.717, 1.165) is 72.7 Å². The van der Waals surface area contributed by atoms with E-state index in [1.165, 1.54) is 81.8 Å². The predicted molar refractivity (Wildman–Crippen MR) is 274 cm³/mol. The summed E-state index contributed by atoms with van der Waals surface area (Å²) in [6, 6.07) is 33.5. The normalized spacial score (nSPS) is 11.4. The van der Waals surface area contributed by atoms with Crippen molar-refractivity contribution in [2.45, 2.75) is 80.1 Å². The molecule has 0 unspecified atom stereocenters. The van der Waals surface area contributed by atoms with E-state index >= 15 is 0 Å². The summed E-state index contributed by atoms with van der Waals surface area (Å²) in [6.07, 6.45) is 17.6. The molecule has 10 aromatic rings. The predicted octanol–water partition coefficient (Wildman–Crippen LogP) is 14.0. The summed E-state index contributed by atoms with van der Waals surface area (Å²) in [6.45, 7) is 13.0. The van der Waals surface area contributed by atoms with Crippen LogP contribution in [0, 0.1) is 57.7 Å². The smallest absolute Gasteiger partial charge is 0.340 e. The minimum atomic E-state index is 0. The number of benzene rings is 4. The maximum atomic E-state index is 4.80. The van der Waals surface area contributed by atoms with Crippen molar-refractivity contribution in [1.29, 1.82) is 0 Å². The van der Waals surface area contributed by atoms with E-state index in [0.29, 0.717) is 0 Å². The number of aryl methyl sites for hydroxylation is 12. The van der Waals surface area contributed by atoms with Crippen molar-refractivity contribution >= 4 is 34.0 Å². The Morgan fingerprint density at radius 3 is 0.925 bits per heavy atom. The Morgan fingerprint density at radius 1 is 0.388 bits per heavy atom. The van der Waals surface area contributed by atoms with Gasteiger partial charge in [0.15, 0.2) is 0 Å². The van der Waals surface area contributed by atoms with Crippen LogP contribution in [0.25, 0.3) is 51.2 Å². The van der Waals surface area contributed by atoms with Crippen LogP contribution in [-0.4, -0.2) is 28.7 Å². The zero-order valence-corrected chi connectivity index (χ0v) is 43.5. The van der Waals surface area contributed by atoms with E-state index in [2.05, 4.69) is 181 Å². The zero-order valence-electron chi connectivity index (χ0n) is 38.6. The van der Waals surface area contributed by atoms with Crippen molar-refractivity contribution in [2.75, 3.05) is 0 Å². The first kappa shape index (κ1) is 46.4. The molecule has 67 heavy (non-hydrogen) atoms. The molecule has 6 heterocycles. The van der Waals surface area contributed by atoms with Gasteiger partial charge in [0.1, 0.15) is 0 Å². The van der Waals surface area contributed by atoms with Crippen LogP contribution in [0.2, 0.25) is 0 Å². The van der Waals surface area contributed by atoms with Crippen molar-refractivity contribution in [3.63, 3.8) is 0 Å². The third kappa shape index (κ3) is 9.83. The number of nitrogens with zero attached hydrogens (tertiary/aromatic N) is 6. The molecule has 10 heteroatoms. The largest absolute Gasteiger partial charge is 3.00 e. The summed E-state index contributed by atoms with van der Waals surface area (Å²) in [5.41, 5.74) is 18.2. The Morgan fingerprint density at radius 2 is 0.657 bits per heavy atom. The molecule has 0 saturated carbocycles. The maximum absolute atomic E-state index is 4.80. The van der Waals surface area contributed by atoms with E-state index in [4.69, 9.17) is 15.0 Å². The van der Waals surface area contributed by atoms with Crippen LogP contribution in [0.4, 0.5) is 0 Å². The second-order valence-corrected chi connectivity index (χ2v) is 20.2. The van der Waals surface area contributed by atoms with Gasteiger partial charge in [-0.05, 0) is 111 Å². The van der Waals surface area contributed by atoms with Gasteiger partial charge in [-0.2, -0.15) is 18.2 Å². The third-order valence-corrected chi connectivity index (χ3v) is 15.3. The van der Waals surface area contributed by atoms with Crippen LogP contribution in [0.1, 0.15) is 64.7 Å². The maximum Gasteiger partial charge on any atom is 3.00 e. The van der Waals surface area contributed by atoms with Gasteiger partial charge in [-0.1, -0.05) is 108 Å². The fraction of sp³-hybridized carbons (Fsp3) is 0.211. The molecule has 0 amide bonds. The molecule has 6 aromatic heterocycles. The van der Waals surface area contributed by atoms with E-state index in [9.17, 15) is 0 Å². The number of para-hydroxylation sites is 3. The van der Waals surface area contributed by atoms with Gasteiger partial charge in [0.05, 0.1) is 17.5 Å². The first-order valence-corrected chi connectivity index (χ1v) is 25.1. The Kier molecular flexibility index (Phi) is 14.0. The SMILES string of the molecule is Cc1cccc(C)c1-n1ccnc1-c1[c-]sc(CCc2cc(CCc3cc(-c4nccn4-c4c(C)cccc4C)[c-]s3)cc(CCc3cc(-c4nccn4-c4c(C)cccc4C)[c-]s3)c2)c1.[Ir+3]. The molecule has 6 nitrogen and oxygen atoms in total. The second-order valence-electron chi connectivity index (χ2n) is 17.4. The molecular weight excluding hydrogens is 1060 g/mol. The number of rotatable bonds is 15. The minimum absolute atomic E-state index is 0. The standard InChI is InChI=1S/C57H51N6S3.Ir/c1-37-10-7-11-38(2)52(37)61-25-22-58-55(61)46-31-49(64-34-46)19-16-43-28-44(17-20-50-32-47(35-65-50)56-59-23-26-62(56)53-39(3)12-8-13-40(53)4)30-45(29-43)18-21-51-33-48(36-66-51)57-60-24-27-63(57)54-41(5)14-9-15-42(54)6;/h7-15,22-33H,16-21H2,1-6H3;/q-3;+3. The molecule has 0 atom stereocenters. The molecule has 0 aliphatic carbocycles.